The lowest BCUT2D eigenvalue weighted by Crippen LogP contribution is -2.08. The average molecular weight is 261 g/mol. The van der Waals surface area contributed by atoms with Crippen LogP contribution in [0.1, 0.15) is 48.1 Å². The number of rotatable bonds is 2. The third-order valence-corrected chi connectivity index (χ3v) is 4.31. The van der Waals surface area contributed by atoms with Gasteiger partial charge in [-0.1, -0.05) is 0 Å². The number of hydrogen-bond donors (Lipinski definition) is 0. The molecule has 1 aliphatic rings. The van der Waals surface area contributed by atoms with Crippen LogP contribution < -0.4 is 0 Å². The van der Waals surface area contributed by atoms with Crippen molar-refractivity contribution >= 4 is 17.1 Å². The summed E-state index contributed by atoms with van der Waals surface area (Å²) in [6.45, 7) is 4.18. The zero-order chi connectivity index (χ0) is 12.7. The predicted octanol–water partition coefficient (Wildman–Crippen LogP) is 3.11. The Balaban J connectivity index is 1.99. The van der Waals surface area contributed by atoms with E-state index in [1.165, 1.54) is 0 Å². The molecule has 3 rings (SSSR count). The Morgan fingerprint density at radius 2 is 2.22 bits per heavy atom. The minimum Gasteiger partial charge on any atom is -0.292 e. The molecule has 18 heavy (non-hydrogen) atoms. The number of carbonyl (C=O) groups excluding carboxylic acids is 1. The Labute approximate surface area is 110 Å². The number of fused-ring (bicyclic) bond motifs is 1. The van der Waals surface area contributed by atoms with Crippen molar-refractivity contribution in [1.29, 1.82) is 0 Å². The van der Waals surface area contributed by atoms with E-state index >= 15 is 0 Å². The lowest BCUT2D eigenvalue weighted by Gasteiger charge is -2.06. The van der Waals surface area contributed by atoms with Crippen molar-refractivity contribution in [2.45, 2.75) is 39.2 Å². The van der Waals surface area contributed by atoms with Crippen LogP contribution in [0.15, 0.2) is 12.4 Å². The molecule has 4 nitrogen and oxygen atoms in total. The van der Waals surface area contributed by atoms with Crippen molar-refractivity contribution in [3.8, 4) is 10.6 Å². The van der Waals surface area contributed by atoms with Crippen LogP contribution in [0.5, 0.6) is 0 Å². The largest absolute Gasteiger partial charge is 0.292 e. The average Bonchev–Trinajstić information content (AvgIpc) is 2.95. The van der Waals surface area contributed by atoms with Crippen molar-refractivity contribution < 1.29 is 4.79 Å². The van der Waals surface area contributed by atoms with Gasteiger partial charge in [0.15, 0.2) is 5.78 Å². The van der Waals surface area contributed by atoms with Crippen molar-refractivity contribution in [2.24, 2.45) is 0 Å². The van der Waals surface area contributed by atoms with E-state index in [1.807, 2.05) is 17.1 Å². The molecule has 2 heterocycles. The Morgan fingerprint density at radius 1 is 1.39 bits per heavy atom. The monoisotopic (exact) mass is 261 g/mol. The van der Waals surface area contributed by atoms with Crippen LogP contribution in [0.2, 0.25) is 0 Å². The summed E-state index contributed by atoms with van der Waals surface area (Å²) >= 11 is 1.63. The number of hydrogen-bond acceptors (Lipinski definition) is 4. The first-order chi connectivity index (χ1) is 8.65. The Morgan fingerprint density at radius 3 is 2.89 bits per heavy atom. The van der Waals surface area contributed by atoms with E-state index in [9.17, 15) is 4.79 Å². The molecular formula is C13H15N3OS. The fourth-order valence-corrected chi connectivity index (χ4v) is 3.22. The standard InChI is InChI=1S/C13H15N3OS/c1-8(2)16-7-9(6-14-16)13-15-12-10(17)4-3-5-11(12)18-13/h6-8H,3-5H2,1-2H3. The number of Topliss-reactive ketones (excluding diaryl/α,β-unsaturated/α-hetero) is 1. The van der Waals surface area contributed by atoms with Crippen LogP contribution in [-0.4, -0.2) is 20.5 Å². The van der Waals surface area contributed by atoms with Crippen molar-refractivity contribution in [2.75, 3.05) is 0 Å². The molecule has 0 atom stereocenters. The number of aryl methyl sites for hydroxylation is 1. The normalized spacial score (nSPS) is 15.2. The first-order valence-corrected chi connectivity index (χ1v) is 7.04. The quantitative estimate of drug-likeness (QED) is 0.834. The molecule has 1 aliphatic carbocycles. The van der Waals surface area contributed by atoms with Gasteiger partial charge in [-0.25, -0.2) is 4.98 Å². The van der Waals surface area contributed by atoms with Gasteiger partial charge in [-0.3, -0.25) is 9.48 Å². The second kappa shape index (κ2) is 4.31. The van der Waals surface area contributed by atoms with Gasteiger partial charge in [0.05, 0.1) is 6.20 Å². The molecule has 2 aromatic rings. The number of thiazole rings is 1. The summed E-state index contributed by atoms with van der Waals surface area (Å²) in [6, 6.07) is 0.343. The van der Waals surface area contributed by atoms with Crippen LogP contribution in [0, 0.1) is 0 Å². The summed E-state index contributed by atoms with van der Waals surface area (Å²) in [5, 5.41) is 5.23. The maximum Gasteiger partial charge on any atom is 0.182 e. The molecule has 2 aromatic heterocycles. The zero-order valence-corrected chi connectivity index (χ0v) is 11.3. The van der Waals surface area contributed by atoms with Crippen LogP contribution in [-0.2, 0) is 6.42 Å². The molecule has 5 heteroatoms. The Hall–Kier alpha value is -1.49. The zero-order valence-electron chi connectivity index (χ0n) is 10.5. The molecule has 0 N–H and O–H groups in total. The first kappa shape index (κ1) is 11.6. The van der Waals surface area contributed by atoms with Crippen LogP contribution in [0.4, 0.5) is 0 Å². The smallest absolute Gasteiger partial charge is 0.182 e. The minimum absolute atomic E-state index is 0.190. The predicted molar refractivity (Wildman–Crippen MR) is 71.0 cm³/mol. The van der Waals surface area contributed by atoms with Gasteiger partial charge >= 0.3 is 0 Å². The Kier molecular flexibility index (Phi) is 2.78. The molecule has 0 aliphatic heterocycles. The van der Waals surface area contributed by atoms with Gasteiger partial charge < -0.3 is 0 Å². The van der Waals surface area contributed by atoms with E-state index in [1.54, 1.807) is 11.3 Å². The lowest BCUT2D eigenvalue weighted by molar-refractivity contribution is 0.0968. The summed E-state index contributed by atoms with van der Waals surface area (Å²) < 4.78 is 1.91. The topological polar surface area (TPSA) is 47.8 Å². The summed E-state index contributed by atoms with van der Waals surface area (Å²) in [5.41, 5.74) is 1.70. The highest BCUT2D eigenvalue weighted by atomic mass is 32.1. The molecule has 0 saturated heterocycles. The second-order valence-corrected chi connectivity index (χ2v) is 5.95. The van der Waals surface area contributed by atoms with Crippen LogP contribution in [0.25, 0.3) is 10.6 Å². The molecule has 0 spiro atoms. The maximum atomic E-state index is 11.8. The van der Waals surface area contributed by atoms with E-state index in [2.05, 4.69) is 23.9 Å². The fraction of sp³-hybridized carbons (Fsp3) is 0.462. The summed E-state index contributed by atoms with van der Waals surface area (Å²) in [7, 11) is 0. The van der Waals surface area contributed by atoms with Gasteiger partial charge in [0.25, 0.3) is 0 Å². The van der Waals surface area contributed by atoms with Gasteiger partial charge in [0.2, 0.25) is 0 Å². The van der Waals surface area contributed by atoms with Gasteiger partial charge in [-0.05, 0) is 26.7 Å². The minimum atomic E-state index is 0.190. The molecule has 0 fully saturated rings. The number of aromatic nitrogens is 3. The molecular weight excluding hydrogens is 246 g/mol. The molecule has 0 aromatic carbocycles. The molecule has 0 amide bonds. The SMILES string of the molecule is CC(C)n1cc(-c2nc3c(s2)CCCC3=O)cn1. The summed E-state index contributed by atoms with van der Waals surface area (Å²) in [6.07, 6.45) is 6.41. The molecule has 0 unspecified atom stereocenters. The third kappa shape index (κ3) is 1.88. The lowest BCUT2D eigenvalue weighted by atomic mass is 10.0. The van der Waals surface area contributed by atoms with Gasteiger partial charge in [0.1, 0.15) is 10.7 Å². The number of ketones is 1. The summed E-state index contributed by atoms with van der Waals surface area (Å²) in [5.74, 6) is 0.190. The van der Waals surface area contributed by atoms with E-state index in [4.69, 9.17) is 0 Å². The molecule has 0 bridgehead atoms. The van der Waals surface area contributed by atoms with Crippen LogP contribution in [0.3, 0.4) is 0 Å². The van der Waals surface area contributed by atoms with E-state index in [0.29, 0.717) is 18.2 Å². The van der Waals surface area contributed by atoms with Crippen molar-refractivity contribution in [3.05, 3.63) is 23.0 Å². The molecule has 94 valence electrons. The maximum absolute atomic E-state index is 11.8. The Bertz CT molecular complexity index is 597. The van der Waals surface area contributed by atoms with Crippen molar-refractivity contribution in [3.63, 3.8) is 0 Å². The molecule has 0 saturated carbocycles. The van der Waals surface area contributed by atoms with E-state index in [0.717, 1.165) is 28.3 Å². The second-order valence-electron chi connectivity index (χ2n) is 4.87. The third-order valence-electron chi connectivity index (χ3n) is 3.15. The first-order valence-electron chi connectivity index (χ1n) is 6.22. The number of carbonyl (C=O) groups is 1. The molecule has 0 radical (unpaired) electrons. The van der Waals surface area contributed by atoms with Crippen molar-refractivity contribution in [1.82, 2.24) is 14.8 Å². The van der Waals surface area contributed by atoms with Crippen LogP contribution >= 0.6 is 11.3 Å². The highest BCUT2D eigenvalue weighted by molar-refractivity contribution is 7.15. The number of nitrogens with zero attached hydrogens (tertiary/aromatic N) is 3. The van der Waals surface area contributed by atoms with Gasteiger partial charge in [-0.15, -0.1) is 11.3 Å². The highest BCUT2D eigenvalue weighted by Crippen LogP contribution is 2.32. The van der Waals surface area contributed by atoms with Gasteiger partial charge in [-0.2, -0.15) is 5.10 Å². The summed E-state index contributed by atoms with van der Waals surface area (Å²) in [4.78, 5) is 17.4. The van der Waals surface area contributed by atoms with E-state index < -0.39 is 0 Å². The fourth-order valence-electron chi connectivity index (χ4n) is 2.12. The highest BCUT2D eigenvalue weighted by Gasteiger charge is 2.23. The van der Waals surface area contributed by atoms with Gasteiger partial charge in [0, 0.05) is 29.1 Å². The van der Waals surface area contributed by atoms with E-state index in [-0.39, 0.29) is 5.78 Å².